The SMILES string of the molecule is CC(C)C(CBr)CN1CCOCC1. The number of hydrogen-bond donors (Lipinski definition) is 0. The van der Waals surface area contributed by atoms with E-state index < -0.39 is 0 Å². The molecular formula is C10H20BrNO. The zero-order valence-corrected chi connectivity index (χ0v) is 10.2. The normalized spacial score (nSPS) is 22.2. The van der Waals surface area contributed by atoms with Crippen LogP contribution in [0.1, 0.15) is 13.8 Å². The molecule has 0 aromatic carbocycles. The van der Waals surface area contributed by atoms with E-state index in [0.717, 1.165) is 43.5 Å². The van der Waals surface area contributed by atoms with E-state index in [9.17, 15) is 0 Å². The average Bonchev–Trinajstić information content (AvgIpc) is 2.15. The van der Waals surface area contributed by atoms with Crippen molar-refractivity contribution in [1.29, 1.82) is 0 Å². The summed E-state index contributed by atoms with van der Waals surface area (Å²) >= 11 is 3.59. The maximum Gasteiger partial charge on any atom is 0.0594 e. The van der Waals surface area contributed by atoms with Crippen LogP contribution in [0.15, 0.2) is 0 Å². The number of rotatable bonds is 4. The fourth-order valence-electron chi connectivity index (χ4n) is 1.55. The van der Waals surface area contributed by atoms with Crippen LogP contribution >= 0.6 is 15.9 Å². The quantitative estimate of drug-likeness (QED) is 0.707. The molecule has 1 saturated heterocycles. The van der Waals surface area contributed by atoms with E-state index in [0.29, 0.717) is 0 Å². The number of alkyl halides is 1. The van der Waals surface area contributed by atoms with Gasteiger partial charge in [0.15, 0.2) is 0 Å². The van der Waals surface area contributed by atoms with Gasteiger partial charge in [-0.1, -0.05) is 29.8 Å². The summed E-state index contributed by atoms with van der Waals surface area (Å²) in [6.07, 6.45) is 0. The molecule has 0 aliphatic carbocycles. The highest BCUT2D eigenvalue weighted by Gasteiger charge is 2.18. The first kappa shape index (κ1) is 11.5. The van der Waals surface area contributed by atoms with E-state index in [1.165, 1.54) is 6.54 Å². The zero-order valence-electron chi connectivity index (χ0n) is 8.63. The summed E-state index contributed by atoms with van der Waals surface area (Å²) in [7, 11) is 0. The molecular weight excluding hydrogens is 230 g/mol. The first-order chi connectivity index (χ1) is 6.24. The summed E-state index contributed by atoms with van der Waals surface area (Å²) < 4.78 is 5.32. The molecule has 0 saturated carbocycles. The molecule has 1 aliphatic rings. The molecule has 0 radical (unpaired) electrons. The molecule has 3 heteroatoms. The van der Waals surface area contributed by atoms with E-state index in [2.05, 4.69) is 34.7 Å². The molecule has 13 heavy (non-hydrogen) atoms. The number of ether oxygens (including phenoxy) is 1. The lowest BCUT2D eigenvalue weighted by molar-refractivity contribution is 0.0292. The predicted octanol–water partition coefficient (Wildman–Crippen LogP) is 1.99. The Morgan fingerprint density at radius 3 is 2.38 bits per heavy atom. The van der Waals surface area contributed by atoms with Gasteiger partial charge in [0.1, 0.15) is 0 Å². The fourth-order valence-corrected chi connectivity index (χ4v) is 2.51. The van der Waals surface area contributed by atoms with E-state index in [-0.39, 0.29) is 0 Å². The van der Waals surface area contributed by atoms with E-state index in [1.807, 2.05) is 0 Å². The second kappa shape index (κ2) is 5.99. The lowest BCUT2D eigenvalue weighted by Crippen LogP contribution is -2.40. The third kappa shape index (κ3) is 3.96. The Kier molecular flexibility index (Phi) is 5.29. The van der Waals surface area contributed by atoms with Gasteiger partial charge in [0.25, 0.3) is 0 Å². The topological polar surface area (TPSA) is 12.5 Å². The van der Waals surface area contributed by atoms with Crippen molar-refractivity contribution in [2.75, 3.05) is 38.2 Å². The Bertz CT molecular complexity index is 135. The van der Waals surface area contributed by atoms with E-state index in [1.54, 1.807) is 0 Å². The van der Waals surface area contributed by atoms with Crippen LogP contribution in [0.3, 0.4) is 0 Å². The summed E-state index contributed by atoms with van der Waals surface area (Å²) in [6, 6.07) is 0. The van der Waals surface area contributed by atoms with E-state index >= 15 is 0 Å². The Labute approximate surface area is 89.8 Å². The zero-order chi connectivity index (χ0) is 9.68. The monoisotopic (exact) mass is 249 g/mol. The maximum absolute atomic E-state index is 5.32. The molecule has 2 nitrogen and oxygen atoms in total. The minimum absolute atomic E-state index is 0.766. The van der Waals surface area contributed by atoms with Gasteiger partial charge < -0.3 is 4.74 Å². The number of halogens is 1. The van der Waals surface area contributed by atoms with Gasteiger partial charge in [0.2, 0.25) is 0 Å². The lowest BCUT2D eigenvalue weighted by Gasteiger charge is -2.31. The molecule has 1 aliphatic heterocycles. The van der Waals surface area contributed by atoms with Gasteiger partial charge in [-0.05, 0) is 11.8 Å². The van der Waals surface area contributed by atoms with Crippen molar-refractivity contribution in [3.05, 3.63) is 0 Å². The summed E-state index contributed by atoms with van der Waals surface area (Å²) in [5, 5.41) is 1.11. The Morgan fingerprint density at radius 2 is 1.92 bits per heavy atom. The largest absolute Gasteiger partial charge is 0.379 e. The van der Waals surface area contributed by atoms with Crippen LogP contribution in [-0.2, 0) is 4.74 Å². The highest BCUT2D eigenvalue weighted by atomic mass is 79.9. The number of nitrogens with zero attached hydrogens (tertiary/aromatic N) is 1. The number of hydrogen-bond acceptors (Lipinski definition) is 2. The molecule has 78 valence electrons. The average molecular weight is 250 g/mol. The summed E-state index contributed by atoms with van der Waals surface area (Å²) in [6.45, 7) is 9.84. The van der Waals surface area contributed by atoms with Gasteiger partial charge >= 0.3 is 0 Å². The molecule has 0 bridgehead atoms. The third-order valence-electron chi connectivity index (χ3n) is 2.74. The third-order valence-corrected chi connectivity index (χ3v) is 3.57. The Hall–Kier alpha value is 0.400. The first-order valence-electron chi connectivity index (χ1n) is 5.10. The van der Waals surface area contributed by atoms with Crippen LogP contribution in [0, 0.1) is 11.8 Å². The van der Waals surface area contributed by atoms with Gasteiger partial charge in [-0.25, -0.2) is 0 Å². The van der Waals surface area contributed by atoms with Crippen LogP contribution in [0.2, 0.25) is 0 Å². The van der Waals surface area contributed by atoms with Gasteiger partial charge in [-0.3, -0.25) is 4.90 Å². The first-order valence-corrected chi connectivity index (χ1v) is 6.22. The van der Waals surface area contributed by atoms with Crippen molar-refractivity contribution in [2.24, 2.45) is 11.8 Å². The Morgan fingerprint density at radius 1 is 1.31 bits per heavy atom. The molecule has 1 atom stereocenters. The second-order valence-corrected chi connectivity index (χ2v) is 4.72. The van der Waals surface area contributed by atoms with Crippen LogP contribution in [0.25, 0.3) is 0 Å². The van der Waals surface area contributed by atoms with Crippen LogP contribution in [0.4, 0.5) is 0 Å². The van der Waals surface area contributed by atoms with Crippen molar-refractivity contribution in [1.82, 2.24) is 4.90 Å². The molecule has 0 N–H and O–H groups in total. The summed E-state index contributed by atoms with van der Waals surface area (Å²) in [5.41, 5.74) is 0. The second-order valence-electron chi connectivity index (χ2n) is 4.07. The molecule has 0 amide bonds. The highest BCUT2D eigenvalue weighted by molar-refractivity contribution is 9.09. The summed E-state index contributed by atoms with van der Waals surface area (Å²) in [5.74, 6) is 1.54. The highest BCUT2D eigenvalue weighted by Crippen LogP contribution is 2.15. The van der Waals surface area contributed by atoms with Crippen molar-refractivity contribution in [2.45, 2.75) is 13.8 Å². The smallest absolute Gasteiger partial charge is 0.0594 e. The molecule has 1 unspecified atom stereocenters. The molecule has 0 aromatic rings. The van der Waals surface area contributed by atoms with E-state index in [4.69, 9.17) is 4.74 Å². The van der Waals surface area contributed by atoms with Crippen LogP contribution < -0.4 is 0 Å². The fraction of sp³-hybridized carbons (Fsp3) is 1.00. The molecule has 0 spiro atoms. The molecule has 0 aromatic heterocycles. The minimum Gasteiger partial charge on any atom is -0.379 e. The van der Waals surface area contributed by atoms with Gasteiger partial charge in [-0.2, -0.15) is 0 Å². The molecule has 1 rings (SSSR count). The standard InChI is InChI=1S/C10H20BrNO/c1-9(2)10(7-11)8-12-3-5-13-6-4-12/h9-10H,3-8H2,1-2H3. The predicted molar refractivity (Wildman–Crippen MR) is 59.4 cm³/mol. The Balaban J connectivity index is 2.27. The maximum atomic E-state index is 5.32. The molecule has 1 fully saturated rings. The van der Waals surface area contributed by atoms with Crippen molar-refractivity contribution in [3.8, 4) is 0 Å². The van der Waals surface area contributed by atoms with Crippen LogP contribution in [0.5, 0.6) is 0 Å². The minimum atomic E-state index is 0.766. The van der Waals surface area contributed by atoms with Crippen LogP contribution in [-0.4, -0.2) is 43.1 Å². The van der Waals surface area contributed by atoms with Gasteiger partial charge in [0.05, 0.1) is 13.2 Å². The van der Waals surface area contributed by atoms with Crippen molar-refractivity contribution < 1.29 is 4.74 Å². The molecule has 1 heterocycles. The van der Waals surface area contributed by atoms with Crippen molar-refractivity contribution in [3.63, 3.8) is 0 Å². The van der Waals surface area contributed by atoms with Crippen molar-refractivity contribution >= 4 is 15.9 Å². The van der Waals surface area contributed by atoms with Gasteiger partial charge in [-0.15, -0.1) is 0 Å². The van der Waals surface area contributed by atoms with Gasteiger partial charge in [0, 0.05) is 25.0 Å². The summed E-state index contributed by atoms with van der Waals surface area (Å²) in [4.78, 5) is 2.51. The lowest BCUT2D eigenvalue weighted by atomic mass is 9.97. The number of morpholine rings is 1.